The number of rotatable bonds is 7. The van der Waals surface area contributed by atoms with Crippen molar-refractivity contribution < 1.29 is 9.47 Å². The lowest BCUT2D eigenvalue weighted by Crippen LogP contribution is -2.19. The van der Waals surface area contributed by atoms with E-state index in [-0.39, 0.29) is 0 Å². The van der Waals surface area contributed by atoms with Crippen LogP contribution >= 0.6 is 15.9 Å². The standard InChI is InChI=1S/C12H18BrNO2/c1-14(2)7-8-15-9-10-16-12-5-3-11(13)4-6-12/h3-6H,7-10H2,1-2H3. The molecule has 0 bridgehead atoms. The first-order valence-corrected chi connectivity index (χ1v) is 6.08. The Morgan fingerprint density at radius 1 is 1.06 bits per heavy atom. The van der Waals surface area contributed by atoms with Gasteiger partial charge in [0, 0.05) is 11.0 Å². The lowest BCUT2D eigenvalue weighted by molar-refractivity contribution is 0.0890. The van der Waals surface area contributed by atoms with Gasteiger partial charge >= 0.3 is 0 Å². The Balaban J connectivity index is 2.05. The maximum absolute atomic E-state index is 5.51. The van der Waals surface area contributed by atoms with E-state index in [9.17, 15) is 0 Å². The molecule has 4 heteroatoms. The molecule has 0 saturated carbocycles. The van der Waals surface area contributed by atoms with Gasteiger partial charge in [-0.25, -0.2) is 0 Å². The van der Waals surface area contributed by atoms with Crippen LogP contribution in [-0.4, -0.2) is 45.4 Å². The van der Waals surface area contributed by atoms with E-state index in [1.807, 2.05) is 38.4 Å². The molecular weight excluding hydrogens is 270 g/mol. The fraction of sp³-hybridized carbons (Fsp3) is 0.500. The largest absolute Gasteiger partial charge is 0.491 e. The molecule has 0 N–H and O–H groups in total. The van der Waals surface area contributed by atoms with E-state index in [1.54, 1.807) is 0 Å². The molecule has 0 saturated heterocycles. The Morgan fingerprint density at radius 3 is 2.38 bits per heavy atom. The molecule has 0 spiro atoms. The number of halogens is 1. The Hall–Kier alpha value is -0.580. The lowest BCUT2D eigenvalue weighted by Gasteiger charge is -2.10. The average Bonchev–Trinajstić information content (AvgIpc) is 2.25. The number of hydrogen-bond donors (Lipinski definition) is 0. The smallest absolute Gasteiger partial charge is 0.119 e. The Morgan fingerprint density at radius 2 is 1.75 bits per heavy atom. The van der Waals surface area contributed by atoms with Crippen LogP contribution in [0.5, 0.6) is 5.75 Å². The zero-order chi connectivity index (χ0) is 11.8. The second-order valence-corrected chi connectivity index (χ2v) is 4.63. The minimum atomic E-state index is 0.592. The molecule has 0 aliphatic rings. The van der Waals surface area contributed by atoms with Crippen molar-refractivity contribution in [3.8, 4) is 5.75 Å². The molecule has 1 aromatic rings. The fourth-order valence-corrected chi connectivity index (χ4v) is 1.36. The molecule has 0 aromatic heterocycles. The van der Waals surface area contributed by atoms with Crippen LogP contribution < -0.4 is 4.74 Å². The van der Waals surface area contributed by atoms with Crippen molar-refractivity contribution in [3.05, 3.63) is 28.7 Å². The molecule has 1 rings (SSSR count). The second-order valence-electron chi connectivity index (χ2n) is 3.72. The summed E-state index contributed by atoms with van der Waals surface area (Å²) >= 11 is 3.38. The first kappa shape index (κ1) is 13.5. The highest BCUT2D eigenvalue weighted by Gasteiger charge is 1.94. The van der Waals surface area contributed by atoms with Gasteiger partial charge in [0.2, 0.25) is 0 Å². The van der Waals surface area contributed by atoms with Crippen molar-refractivity contribution in [2.24, 2.45) is 0 Å². The highest BCUT2D eigenvalue weighted by atomic mass is 79.9. The van der Waals surface area contributed by atoms with Crippen molar-refractivity contribution in [2.45, 2.75) is 0 Å². The molecule has 1 aromatic carbocycles. The van der Waals surface area contributed by atoms with Crippen molar-refractivity contribution in [1.29, 1.82) is 0 Å². The van der Waals surface area contributed by atoms with Gasteiger partial charge in [-0.1, -0.05) is 15.9 Å². The van der Waals surface area contributed by atoms with Crippen LogP contribution in [0.2, 0.25) is 0 Å². The van der Waals surface area contributed by atoms with E-state index in [1.165, 1.54) is 0 Å². The highest BCUT2D eigenvalue weighted by Crippen LogP contribution is 2.15. The van der Waals surface area contributed by atoms with Gasteiger partial charge in [0.1, 0.15) is 12.4 Å². The normalized spacial score (nSPS) is 10.8. The van der Waals surface area contributed by atoms with Crippen molar-refractivity contribution >= 4 is 15.9 Å². The van der Waals surface area contributed by atoms with E-state index in [2.05, 4.69) is 20.8 Å². The number of likely N-dealkylation sites (N-methyl/N-ethyl adjacent to an activating group) is 1. The zero-order valence-electron chi connectivity index (χ0n) is 9.78. The summed E-state index contributed by atoms with van der Waals surface area (Å²) < 4.78 is 12.0. The Kier molecular flexibility index (Phi) is 6.45. The highest BCUT2D eigenvalue weighted by molar-refractivity contribution is 9.10. The molecule has 16 heavy (non-hydrogen) atoms. The first-order valence-electron chi connectivity index (χ1n) is 5.29. The third-order valence-electron chi connectivity index (χ3n) is 1.99. The molecule has 90 valence electrons. The SMILES string of the molecule is CN(C)CCOCCOc1ccc(Br)cc1. The molecule has 0 amide bonds. The van der Waals surface area contributed by atoms with Crippen LogP contribution in [0.3, 0.4) is 0 Å². The van der Waals surface area contributed by atoms with Crippen LogP contribution in [0, 0.1) is 0 Å². The summed E-state index contributed by atoms with van der Waals surface area (Å²) in [5.74, 6) is 0.874. The summed E-state index contributed by atoms with van der Waals surface area (Å²) in [5, 5.41) is 0. The monoisotopic (exact) mass is 287 g/mol. The lowest BCUT2D eigenvalue weighted by atomic mass is 10.3. The summed E-state index contributed by atoms with van der Waals surface area (Å²) in [7, 11) is 4.06. The van der Waals surface area contributed by atoms with E-state index in [0.29, 0.717) is 13.2 Å². The predicted octanol–water partition coefficient (Wildman–Crippen LogP) is 2.41. The molecule has 0 radical (unpaired) electrons. The fourth-order valence-electron chi connectivity index (χ4n) is 1.10. The molecule has 0 aliphatic heterocycles. The third-order valence-corrected chi connectivity index (χ3v) is 2.52. The summed E-state index contributed by atoms with van der Waals surface area (Å²) in [6, 6.07) is 7.79. The van der Waals surface area contributed by atoms with Gasteiger partial charge in [-0.2, -0.15) is 0 Å². The van der Waals surface area contributed by atoms with E-state index >= 15 is 0 Å². The van der Waals surface area contributed by atoms with E-state index < -0.39 is 0 Å². The van der Waals surface area contributed by atoms with Gasteiger partial charge in [-0.05, 0) is 38.4 Å². The van der Waals surface area contributed by atoms with Gasteiger partial charge < -0.3 is 14.4 Å². The second kappa shape index (κ2) is 7.65. The number of benzene rings is 1. The molecule has 3 nitrogen and oxygen atoms in total. The quantitative estimate of drug-likeness (QED) is 0.719. The molecule has 0 unspecified atom stereocenters. The van der Waals surface area contributed by atoms with Crippen molar-refractivity contribution in [2.75, 3.05) is 40.5 Å². The zero-order valence-corrected chi connectivity index (χ0v) is 11.4. The minimum Gasteiger partial charge on any atom is -0.491 e. The third kappa shape index (κ3) is 6.10. The summed E-state index contributed by atoms with van der Waals surface area (Å²) in [6.45, 7) is 2.91. The molecule has 0 aliphatic carbocycles. The minimum absolute atomic E-state index is 0.592. The first-order chi connectivity index (χ1) is 7.68. The van der Waals surface area contributed by atoms with Crippen molar-refractivity contribution in [3.63, 3.8) is 0 Å². The summed E-state index contributed by atoms with van der Waals surface area (Å²) in [4.78, 5) is 2.09. The molecule has 0 atom stereocenters. The molecule has 0 heterocycles. The van der Waals surface area contributed by atoms with Crippen LogP contribution in [-0.2, 0) is 4.74 Å². The van der Waals surface area contributed by atoms with Gasteiger partial charge in [-0.15, -0.1) is 0 Å². The van der Waals surface area contributed by atoms with Gasteiger partial charge in [0.15, 0.2) is 0 Å². The van der Waals surface area contributed by atoms with Gasteiger partial charge in [0.05, 0.1) is 13.2 Å². The van der Waals surface area contributed by atoms with Crippen molar-refractivity contribution in [1.82, 2.24) is 4.90 Å². The van der Waals surface area contributed by atoms with Crippen LogP contribution in [0.1, 0.15) is 0 Å². The number of hydrogen-bond acceptors (Lipinski definition) is 3. The Bertz CT molecular complexity index is 288. The maximum Gasteiger partial charge on any atom is 0.119 e. The number of nitrogens with zero attached hydrogens (tertiary/aromatic N) is 1. The maximum atomic E-state index is 5.51. The predicted molar refractivity (Wildman–Crippen MR) is 69.0 cm³/mol. The molecule has 0 fully saturated rings. The van der Waals surface area contributed by atoms with Gasteiger partial charge in [0.25, 0.3) is 0 Å². The molecular formula is C12H18BrNO2. The topological polar surface area (TPSA) is 21.7 Å². The van der Waals surface area contributed by atoms with E-state index in [0.717, 1.165) is 23.4 Å². The summed E-state index contributed by atoms with van der Waals surface area (Å²) in [6.07, 6.45) is 0. The van der Waals surface area contributed by atoms with Crippen LogP contribution in [0.25, 0.3) is 0 Å². The van der Waals surface area contributed by atoms with E-state index in [4.69, 9.17) is 9.47 Å². The van der Waals surface area contributed by atoms with Gasteiger partial charge in [-0.3, -0.25) is 0 Å². The average molecular weight is 288 g/mol. The van der Waals surface area contributed by atoms with Crippen LogP contribution in [0.15, 0.2) is 28.7 Å². The Labute approximate surface area is 105 Å². The summed E-state index contributed by atoms with van der Waals surface area (Å²) in [5.41, 5.74) is 0. The van der Waals surface area contributed by atoms with Crippen LogP contribution in [0.4, 0.5) is 0 Å². The number of ether oxygens (including phenoxy) is 2.